The molecule has 2 unspecified atom stereocenters. The van der Waals surface area contributed by atoms with Crippen LogP contribution < -0.4 is 10.1 Å². The Morgan fingerprint density at radius 1 is 1.29 bits per heavy atom. The lowest BCUT2D eigenvalue weighted by atomic mass is 9.99. The maximum Gasteiger partial charge on any atom is 0.326 e. The van der Waals surface area contributed by atoms with E-state index >= 15 is 0 Å². The lowest BCUT2D eigenvalue weighted by Gasteiger charge is -2.23. The summed E-state index contributed by atoms with van der Waals surface area (Å²) >= 11 is 0. The van der Waals surface area contributed by atoms with Crippen molar-refractivity contribution in [1.29, 1.82) is 0 Å². The van der Waals surface area contributed by atoms with Crippen LogP contribution in [0.4, 0.5) is 0 Å². The minimum absolute atomic E-state index is 0.137. The van der Waals surface area contributed by atoms with Gasteiger partial charge in [0.25, 0.3) is 5.91 Å². The lowest BCUT2D eigenvalue weighted by Crippen LogP contribution is -2.45. The molecule has 0 aromatic heterocycles. The van der Waals surface area contributed by atoms with Crippen LogP contribution in [0.5, 0.6) is 5.75 Å². The highest BCUT2D eigenvalue weighted by Crippen LogP contribution is 2.19. The number of carbonyl (C=O) groups is 2. The molecule has 0 bridgehead atoms. The van der Waals surface area contributed by atoms with E-state index in [1.807, 2.05) is 13.8 Å². The third-order valence-corrected chi connectivity index (χ3v) is 4.35. The SMILES string of the molecule is CCC(C)C(NC(=O)c1ccc(OC2CCOCC2)cc1)C(=O)O. The fourth-order valence-corrected chi connectivity index (χ4v) is 2.58. The van der Waals surface area contributed by atoms with Crippen molar-refractivity contribution in [1.82, 2.24) is 5.32 Å². The van der Waals surface area contributed by atoms with Gasteiger partial charge < -0.3 is 19.9 Å². The number of aliphatic carboxylic acids is 1. The average molecular weight is 335 g/mol. The van der Waals surface area contributed by atoms with Crippen molar-refractivity contribution in [3.8, 4) is 5.75 Å². The highest BCUT2D eigenvalue weighted by atomic mass is 16.5. The van der Waals surface area contributed by atoms with Gasteiger partial charge in [0, 0.05) is 18.4 Å². The van der Waals surface area contributed by atoms with E-state index in [0.717, 1.165) is 12.8 Å². The zero-order chi connectivity index (χ0) is 17.5. The summed E-state index contributed by atoms with van der Waals surface area (Å²) in [6.07, 6.45) is 2.53. The van der Waals surface area contributed by atoms with Crippen molar-refractivity contribution in [3.63, 3.8) is 0 Å². The van der Waals surface area contributed by atoms with E-state index in [0.29, 0.717) is 30.9 Å². The number of carboxylic acid groups (broad SMARTS) is 1. The van der Waals surface area contributed by atoms with Gasteiger partial charge in [-0.2, -0.15) is 0 Å². The molecule has 1 saturated heterocycles. The molecule has 1 aliphatic rings. The first-order valence-corrected chi connectivity index (χ1v) is 8.39. The summed E-state index contributed by atoms with van der Waals surface area (Å²) in [5.74, 6) is -0.838. The minimum atomic E-state index is -1.02. The Labute approximate surface area is 142 Å². The van der Waals surface area contributed by atoms with Gasteiger partial charge in [-0.05, 0) is 30.2 Å². The van der Waals surface area contributed by atoms with Crippen LogP contribution >= 0.6 is 0 Å². The zero-order valence-electron chi connectivity index (χ0n) is 14.2. The highest BCUT2D eigenvalue weighted by Gasteiger charge is 2.25. The highest BCUT2D eigenvalue weighted by molar-refractivity contribution is 5.96. The fourth-order valence-electron chi connectivity index (χ4n) is 2.58. The summed E-state index contributed by atoms with van der Waals surface area (Å²) in [5.41, 5.74) is 0.420. The second-order valence-corrected chi connectivity index (χ2v) is 6.13. The van der Waals surface area contributed by atoms with Gasteiger partial charge in [-0.25, -0.2) is 4.79 Å². The molecule has 2 atom stereocenters. The molecule has 6 heteroatoms. The first-order valence-electron chi connectivity index (χ1n) is 8.39. The van der Waals surface area contributed by atoms with Gasteiger partial charge in [0.2, 0.25) is 0 Å². The Kier molecular flexibility index (Phi) is 6.61. The monoisotopic (exact) mass is 335 g/mol. The molecule has 0 radical (unpaired) electrons. The molecular formula is C18H25NO5. The molecule has 1 aromatic carbocycles. The molecule has 1 amide bonds. The van der Waals surface area contributed by atoms with Crippen LogP contribution in [-0.2, 0) is 9.53 Å². The second kappa shape index (κ2) is 8.68. The number of benzene rings is 1. The Bertz CT molecular complexity index is 551. The van der Waals surface area contributed by atoms with Crippen molar-refractivity contribution in [2.24, 2.45) is 5.92 Å². The number of nitrogens with one attached hydrogen (secondary N) is 1. The maximum absolute atomic E-state index is 12.2. The molecule has 1 heterocycles. The largest absolute Gasteiger partial charge is 0.490 e. The standard InChI is InChI=1S/C18H25NO5/c1-3-12(2)16(18(21)22)19-17(20)13-4-6-14(7-5-13)24-15-8-10-23-11-9-15/h4-7,12,15-16H,3,8-11H2,1-2H3,(H,19,20)(H,21,22). The van der Waals surface area contributed by atoms with Gasteiger partial charge in [-0.1, -0.05) is 20.3 Å². The zero-order valence-corrected chi connectivity index (χ0v) is 14.2. The number of carbonyl (C=O) groups excluding carboxylic acids is 1. The van der Waals surface area contributed by atoms with Gasteiger partial charge in [0.05, 0.1) is 13.2 Å². The third kappa shape index (κ3) is 4.96. The van der Waals surface area contributed by atoms with E-state index in [2.05, 4.69) is 5.32 Å². The number of hydrogen-bond donors (Lipinski definition) is 2. The summed E-state index contributed by atoms with van der Waals surface area (Å²) in [6, 6.07) is 5.90. The van der Waals surface area contributed by atoms with Crippen LogP contribution in [0.2, 0.25) is 0 Å². The molecule has 1 aliphatic heterocycles. The van der Waals surface area contributed by atoms with E-state index in [9.17, 15) is 14.7 Å². The second-order valence-electron chi connectivity index (χ2n) is 6.13. The van der Waals surface area contributed by atoms with Crippen LogP contribution in [0.15, 0.2) is 24.3 Å². The van der Waals surface area contributed by atoms with Crippen molar-refractivity contribution in [2.75, 3.05) is 13.2 Å². The number of carboxylic acids is 1. The van der Waals surface area contributed by atoms with Crippen LogP contribution in [0, 0.1) is 5.92 Å². The fraction of sp³-hybridized carbons (Fsp3) is 0.556. The molecule has 0 spiro atoms. The van der Waals surface area contributed by atoms with E-state index < -0.39 is 12.0 Å². The van der Waals surface area contributed by atoms with E-state index in [1.54, 1.807) is 24.3 Å². The Morgan fingerprint density at radius 3 is 2.46 bits per heavy atom. The normalized spacial score (nSPS) is 17.8. The van der Waals surface area contributed by atoms with Crippen molar-refractivity contribution in [2.45, 2.75) is 45.3 Å². The van der Waals surface area contributed by atoms with Crippen LogP contribution in [0.3, 0.4) is 0 Å². The number of ether oxygens (including phenoxy) is 2. The smallest absolute Gasteiger partial charge is 0.326 e. The summed E-state index contributed by atoms with van der Waals surface area (Å²) < 4.78 is 11.2. The number of hydrogen-bond acceptors (Lipinski definition) is 4. The third-order valence-electron chi connectivity index (χ3n) is 4.35. The van der Waals surface area contributed by atoms with Crippen LogP contribution in [-0.4, -0.2) is 42.3 Å². The van der Waals surface area contributed by atoms with Gasteiger partial charge in [0.1, 0.15) is 17.9 Å². The summed E-state index contributed by atoms with van der Waals surface area (Å²) in [7, 11) is 0. The number of amides is 1. The predicted octanol–water partition coefficient (Wildman–Crippen LogP) is 2.47. The van der Waals surface area contributed by atoms with Crippen molar-refractivity contribution >= 4 is 11.9 Å². The first-order chi connectivity index (χ1) is 11.5. The van der Waals surface area contributed by atoms with Gasteiger partial charge >= 0.3 is 5.97 Å². The molecule has 0 saturated carbocycles. The molecule has 1 fully saturated rings. The lowest BCUT2D eigenvalue weighted by molar-refractivity contribution is -0.140. The Morgan fingerprint density at radius 2 is 1.92 bits per heavy atom. The summed E-state index contributed by atoms with van der Waals surface area (Å²) in [6.45, 7) is 5.12. The summed E-state index contributed by atoms with van der Waals surface area (Å²) in [4.78, 5) is 23.5. The molecule has 6 nitrogen and oxygen atoms in total. The quantitative estimate of drug-likeness (QED) is 0.799. The molecule has 1 aromatic rings. The number of rotatable bonds is 7. The molecule has 24 heavy (non-hydrogen) atoms. The molecule has 132 valence electrons. The molecule has 2 N–H and O–H groups in total. The molecular weight excluding hydrogens is 310 g/mol. The predicted molar refractivity (Wildman–Crippen MR) is 89.3 cm³/mol. The van der Waals surface area contributed by atoms with Crippen molar-refractivity contribution in [3.05, 3.63) is 29.8 Å². The van der Waals surface area contributed by atoms with Gasteiger partial charge in [-0.3, -0.25) is 4.79 Å². The Balaban J connectivity index is 1.96. The average Bonchev–Trinajstić information content (AvgIpc) is 2.60. The summed E-state index contributed by atoms with van der Waals surface area (Å²) in [5, 5.41) is 11.8. The first kappa shape index (κ1) is 18.3. The van der Waals surface area contributed by atoms with Gasteiger partial charge in [0.15, 0.2) is 0 Å². The van der Waals surface area contributed by atoms with Crippen LogP contribution in [0.1, 0.15) is 43.5 Å². The van der Waals surface area contributed by atoms with E-state index in [1.165, 1.54) is 0 Å². The van der Waals surface area contributed by atoms with E-state index in [-0.39, 0.29) is 17.9 Å². The maximum atomic E-state index is 12.2. The Hall–Kier alpha value is -2.08. The van der Waals surface area contributed by atoms with Gasteiger partial charge in [-0.15, -0.1) is 0 Å². The molecule has 2 rings (SSSR count). The van der Waals surface area contributed by atoms with Crippen LogP contribution in [0.25, 0.3) is 0 Å². The topological polar surface area (TPSA) is 84.9 Å². The van der Waals surface area contributed by atoms with Crippen molar-refractivity contribution < 1.29 is 24.2 Å². The van der Waals surface area contributed by atoms with E-state index in [4.69, 9.17) is 9.47 Å². The molecule has 0 aliphatic carbocycles. The minimum Gasteiger partial charge on any atom is -0.490 e.